The average molecular weight is 570 g/mol. The van der Waals surface area contributed by atoms with Gasteiger partial charge in [0.15, 0.2) is 23.2 Å². The molecule has 4 N–H and O–H groups in total. The zero-order valence-electron chi connectivity index (χ0n) is 21.7. The van der Waals surface area contributed by atoms with Gasteiger partial charge in [-0.25, -0.2) is 4.98 Å². The minimum Gasteiger partial charge on any atom is -0.388 e. The number of aliphatic hydroxyl groups excluding tert-OH is 2. The molecule has 0 aromatic carbocycles. The monoisotopic (exact) mass is 569 g/mol. The molecule has 38 heavy (non-hydrogen) atoms. The molecule has 8 atom stereocenters. The van der Waals surface area contributed by atoms with E-state index in [4.69, 9.17) is 20.9 Å². The van der Waals surface area contributed by atoms with E-state index in [1.54, 1.807) is 4.57 Å². The van der Waals surface area contributed by atoms with E-state index in [-0.39, 0.29) is 23.0 Å². The maximum atomic E-state index is 11.0. The zero-order valence-corrected chi connectivity index (χ0v) is 23.2. The third-order valence-electron chi connectivity index (χ3n) is 9.16. The number of anilines is 1. The first kappa shape index (κ1) is 26.6. The molecule has 3 heterocycles. The summed E-state index contributed by atoms with van der Waals surface area (Å²) in [7, 11) is -4.04. The summed E-state index contributed by atoms with van der Waals surface area (Å²) in [5.41, 5.74) is 1.47. The molecule has 4 bridgehead atoms. The zero-order chi connectivity index (χ0) is 27.1. The highest BCUT2D eigenvalue weighted by molar-refractivity contribution is 7.85. The third kappa shape index (κ3) is 4.81. The molecule has 210 valence electrons. The number of nitrogens with one attached hydrogen (secondary N) is 1. The highest BCUT2D eigenvalue weighted by Gasteiger charge is 2.60. The molecule has 0 radical (unpaired) electrons. The Morgan fingerprint density at radius 3 is 2.47 bits per heavy atom. The van der Waals surface area contributed by atoms with Crippen molar-refractivity contribution in [2.45, 2.75) is 102 Å². The Balaban J connectivity index is 1.24. The minimum absolute atomic E-state index is 0.0544. The quantitative estimate of drug-likeness (QED) is 0.211. The van der Waals surface area contributed by atoms with Gasteiger partial charge in [0.05, 0.1) is 18.2 Å². The van der Waals surface area contributed by atoms with Gasteiger partial charge in [0.1, 0.15) is 12.2 Å². The number of aliphatic hydroxyl groups is 2. The van der Waals surface area contributed by atoms with Crippen molar-refractivity contribution in [2.75, 3.05) is 11.1 Å². The molecule has 0 spiro atoms. The Labute approximate surface area is 227 Å². The van der Waals surface area contributed by atoms with Crippen LogP contribution in [0.25, 0.3) is 11.2 Å². The molecule has 4 aliphatic carbocycles. The number of hydrogen-bond acceptors (Lipinski definition) is 9. The molecule has 5 aliphatic rings. The lowest BCUT2D eigenvalue weighted by Crippen LogP contribution is -2.61. The van der Waals surface area contributed by atoms with Crippen molar-refractivity contribution in [3.8, 4) is 0 Å². The molecule has 2 aromatic heterocycles. The van der Waals surface area contributed by atoms with E-state index in [9.17, 15) is 18.6 Å². The van der Waals surface area contributed by atoms with Crippen LogP contribution >= 0.6 is 11.6 Å². The van der Waals surface area contributed by atoms with Crippen LogP contribution in [-0.4, -0.2) is 72.3 Å². The number of hydrogen-bond donors (Lipinski definition) is 4. The Bertz CT molecular complexity index is 1340. The average Bonchev–Trinajstić information content (AvgIpc) is 3.29. The first-order chi connectivity index (χ1) is 17.8. The second-order valence-electron chi connectivity index (χ2n) is 13.0. The van der Waals surface area contributed by atoms with Crippen molar-refractivity contribution in [2.24, 2.45) is 16.7 Å². The van der Waals surface area contributed by atoms with E-state index in [0.29, 0.717) is 46.6 Å². The smallest absolute Gasteiger partial charge is 0.264 e. The van der Waals surface area contributed by atoms with E-state index in [1.807, 2.05) is 0 Å². The van der Waals surface area contributed by atoms with E-state index in [2.05, 4.69) is 34.1 Å². The van der Waals surface area contributed by atoms with Crippen molar-refractivity contribution in [1.82, 2.24) is 19.5 Å². The van der Waals surface area contributed by atoms with Crippen LogP contribution in [0.3, 0.4) is 0 Å². The predicted octanol–water partition coefficient (Wildman–Crippen LogP) is 3.32. The van der Waals surface area contributed by atoms with E-state index in [0.717, 1.165) is 19.3 Å². The van der Waals surface area contributed by atoms with Crippen LogP contribution in [0.15, 0.2) is 6.33 Å². The molecule has 6 unspecified atom stereocenters. The lowest BCUT2D eigenvalue weighted by molar-refractivity contribution is -0.0973. The highest BCUT2D eigenvalue weighted by atomic mass is 35.5. The lowest BCUT2D eigenvalue weighted by Gasteiger charge is -2.65. The van der Waals surface area contributed by atoms with Gasteiger partial charge in [-0.2, -0.15) is 18.4 Å². The summed E-state index contributed by atoms with van der Waals surface area (Å²) in [5, 5.41) is 25.2. The van der Waals surface area contributed by atoms with Gasteiger partial charge in [0.2, 0.25) is 5.28 Å². The predicted molar refractivity (Wildman–Crippen MR) is 140 cm³/mol. The molecule has 2 aromatic rings. The highest BCUT2D eigenvalue weighted by Crippen LogP contribution is 2.67. The first-order valence-corrected chi connectivity index (χ1v) is 15.4. The fourth-order valence-electron chi connectivity index (χ4n) is 8.83. The van der Waals surface area contributed by atoms with Gasteiger partial charge in [0.25, 0.3) is 10.1 Å². The van der Waals surface area contributed by atoms with Crippen LogP contribution < -0.4 is 5.32 Å². The molecule has 5 fully saturated rings. The maximum Gasteiger partial charge on any atom is 0.264 e. The molecule has 1 saturated heterocycles. The minimum atomic E-state index is -4.04. The Kier molecular flexibility index (Phi) is 6.29. The lowest BCUT2D eigenvalue weighted by atomic mass is 9.43. The normalized spacial score (nSPS) is 40.3. The second kappa shape index (κ2) is 8.97. The van der Waals surface area contributed by atoms with Gasteiger partial charge in [0, 0.05) is 5.54 Å². The van der Waals surface area contributed by atoms with Gasteiger partial charge in [-0.3, -0.25) is 9.12 Å². The molecular weight excluding hydrogens is 534 g/mol. The van der Waals surface area contributed by atoms with Crippen LogP contribution in [0.5, 0.6) is 0 Å². The van der Waals surface area contributed by atoms with Crippen LogP contribution in [0, 0.1) is 16.7 Å². The Hall–Kier alpha value is -1.57. The third-order valence-corrected chi connectivity index (χ3v) is 10.1. The van der Waals surface area contributed by atoms with Crippen molar-refractivity contribution in [3.05, 3.63) is 11.6 Å². The molecule has 0 amide bonds. The van der Waals surface area contributed by atoms with Crippen molar-refractivity contribution >= 4 is 38.7 Å². The van der Waals surface area contributed by atoms with Gasteiger partial charge in [-0.05, 0) is 86.1 Å². The summed E-state index contributed by atoms with van der Waals surface area (Å²) in [4.78, 5) is 13.5. The fourth-order valence-corrected chi connectivity index (χ4v) is 9.56. The van der Waals surface area contributed by atoms with Crippen LogP contribution in [0.1, 0.15) is 77.9 Å². The topological polar surface area (TPSA) is 160 Å². The number of rotatable bonds is 8. The Morgan fingerprint density at radius 2 is 1.82 bits per heavy atom. The molecule has 7 rings (SSSR count). The van der Waals surface area contributed by atoms with E-state index < -0.39 is 34.7 Å². The number of fused-ring (bicyclic) bond motifs is 1. The number of nitrogens with zero attached hydrogens (tertiary/aromatic N) is 4. The van der Waals surface area contributed by atoms with Crippen molar-refractivity contribution < 1.29 is 27.9 Å². The van der Waals surface area contributed by atoms with Gasteiger partial charge < -0.3 is 20.3 Å². The molecule has 1 aliphatic heterocycles. The number of aromatic nitrogens is 4. The van der Waals surface area contributed by atoms with Crippen molar-refractivity contribution in [1.29, 1.82) is 0 Å². The van der Waals surface area contributed by atoms with Gasteiger partial charge in [-0.1, -0.05) is 13.8 Å². The van der Waals surface area contributed by atoms with Crippen LogP contribution in [-0.2, 0) is 14.9 Å². The number of halogens is 1. The van der Waals surface area contributed by atoms with Gasteiger partial charge in [-0.15, -0.1) is 0 Å². The summed E-state index contributed by atoms with van der Waals surface area (Å²) >= 11 is 6.39. The summed E-state index contributed by atoms with van der Waals surface area (Å²) in [6, 6.07) is 0. The fraction of sp³-hybridized carbons (Fsp3) is 0.800. The number of ether oxygens (including phenoxy) is 1. The summed E-state index contributed by atoms with van der Waals surface area (Å²) in [5.74, 6) is 0.902. The van der Waals surface area contributed by atoms with Crippen LogP contribution in [0.4, 0.5) is 5.82 Å². The summed E-state index contributed by atoms with van der Waals surface area (Å²) in [6.07, 6.45) is 5.43. The number of unbranched alkanes of at least 4 members (excludes halogenated alkanes) is 1. The first-order valence-electron chi connectivity index (χ1n) is 13.4. The molecule has 11 nitrogen and oxygen atoms in total. The largest absolute Gasteiger partial charge is 0.388 e. The SMILES string of the molecule is C[C@]12CC3CC(Nc4nc(Cl)nc5c4ncn5C4OC(CCCCS(=O)(=O)O)C(O)C4O)(C1)C[C@@](C)(C3)C2. The van der Waals surface area contributed by atoms with Crippen molar-refractivity contribution in [3.63, 3.8) is 0 Å². The Morgan fingerprint density at radius 1 is 1.11 bits per heavy atom. The molecular formula is C25H36ClN5O6S. The van der Waals surface area contributed by atoms with E-state index in [1.165, 1.54) is 25.6 Å². The maximum absolute atomic E-state index is 11.0. The number of imidazole rings is 1. The standard InChI is InChI=1S/C25H36ClN5O6S/c1-23-7-14-8-24(2,10-23)12-25(9-14,11-23)30-19-16-20(29-22(26)28-19)31(13-27-16)21-18(33)17(32)15(37-21)5-3-4-6-38(34,35)36/h13-15,17-18,21,32-33H,3-12H2,1-2H3,(H,28,29,30)(H,34,35,36)/t14?,15?,17?,18?,21?,23-,24+,25?. The molecule has 4 saturated carbocycles. The summed E-state index contributed by atoms with van der Waals surface area (Å²) in [6.45, 7) is 4.82. The molecule has 13 heteroatoms. The van der Waals surface area contributed by atoms with Crippen LogP contribution in [0.2, 0.25) is 5.28 Å². The second-order valence-corrected chi connectivity index (χ2v) is 14.9. The summed E-state index contributed by atoms with van der Waals surface area (Å²) < 4.78 is 38.4. The van der Waals surface area contributed by atoms with E-state index >= 15 is 0 Å². The van der Waals surface area contributed by atoms with Gasteiger partial charge >= 0.3 is 0 Å².